The van der Waals surface area contributed by atoms with Gasteiger partial charge >= 0.3 is 0 Å². The van der Waals surface area contributed by atoms with Crippen LogP contribution in [0.15, 0.2) is 48.6 Å². The summed E-state index contributed by atoms with van der Waals surface area (Å²) < 4.78 is 15.1. The van der Waals surface area contributed by atoms with E-state index >= 15 is 0 Å². The molecule has 0 aromatic heterocycles. The Kier molecular flexibility index (Phi) is 8.00. The Bertz CT molecular complexity index is 929. The third-order valence-electron chi connectivity index (χ3n) is 3.81. The van der Waals surface area contributed by atoms with Gasteiger partial charge in [0.05, 0.1) is 13.5 Å². The van der Waals surface area contributed by atoms with Crippen LogP contribution in [0.1, 0.15) is 17.5 Å². The Morgan fingerprint density at radius 3 is 2.34 bits per heavy atom. The lowest BCUT2D eigenvalue weighted by atomic mass is 10.1. The third kappa shape index (κ3) is 6.51. The Balaban J connectivity index is 1.99. The number of allylic oxidation sites excluding steroid dienone is 2. The third-order valence-corrected chi connectivity index (χ3v) is 3.81. The van der Waals surface area contributed by atoms with E-state index in [0.717, 1.165) is 0 Å². The summed E-state index contributed by atoms with van der Waals surface area (Å²) in [5.41, 5.74) is 1.08. The van der Waals surface area contributed by atoms with E-state index < -0.39 is 5.78 Å². The molecule has 29 heavy (non-hydrogen) atoms. The number of aromatic hydroxyl groups is 2. The summed E-state index contributed by atoms with van der Waals surface area (Å²) in [6.45, 7) is -0.0590. The monoisotopic (exact) mass is 398 g/mol. The summed E-state index contributed by atoms with van der Waals surface area (Å²) in [6, 6.07) is 9.42. The van der Waals surface area contributed by atoms with Crippen molar-refractivity contribution in [3.05, 3.63) is 59.7 Å². The molecular formula is C22H22O7. The van der Waals surface area contributed by atoms with Crippen molar-refractivity contribution >= 4 is 23.7 Å². The summed E-state index contributed by atoms with van der Waals surface area (Å²) in [7, 11) is 2.89. The minimum Gasteiger partial charge on any atom is -0.504 e. The Morgan fingerprint density at radius 2 is 1.69 bits per heavy atom. The number of ketones is 2. The number of carbonyl (C=O) groups excluding carboxylic acids is 2. The quantitative estimate of drug-likeness (QED) is 0.359. The number of rotatable bonds is 10. The number of phenols is 2. The van der Waals surface area contributed by atoms with Gasteiger partial charge in [-0.05, 0) is 42.0 Å². The summed E-state index contributed by atoms with van der Waals surface area (Å²) in [5.74, 6) is -0.407. The minimum atomic E-state index is -0.404. The molecule has 0 spiro atoms. The molecule has 2 rings (SSSR count). The molecule has 0 saturated heterocycles. The van der Waals surface area contributed by atoms with Gasteiger partial charge in [-0.15, -0.1) is 0 Å². The van der Waals surface area contributed by atoms with Crippen LogP contribution < -0.4 is 9.47 Å². The molecule has 152 valence electrons. The van der Waals surface area contributed by atoms with Crippen molar-refractivity contribution in [2.45, 2.75) is 6.42 Å². The van der Waals surface area contributed by atoms with E-state index in [1.165, 1.54) is 50.7 Å². The lowest BCUT2D eigenvalue weighted by molar-refractivity contribution is -0.121. The van der Waals surface area contributed by atoms with Gasteiger partial charge in [-0.1, -0.05) is 24.3 Å². The van der Waals surface area contributed by atoms with E-state index in [2.05, 4.69) is 0 Å². The van der Waals surface area contributed by atoms with Crippen molar-refractivity contribution in [1.82, 2.24) is 0 Å². The van der Waals surface area contributed by atoms with Gasteiger partial charge in [0.2, 0.25) is 0 Å². The van der Waals surface area contributed by atoms with Gasteiger partial charge in [-0.3, -0.25) is 9.59 Å². The molecule has 0 aliphatic carbocycles. The first-order valence-corrected chi connectivity index (χ1v) is 8.67. The predicted octanol–water partition coefficient (Wildman–Crippen LogP) is 3.34. The van der Waals surface area contributed by atoms with E-state index in [4.69, 9.17) is 14.2 Å². The maximum absolute atomic E-state index is 12.1. The molecule has 2 N–H and O–H groups in total. The molecule has 0 heterocycles. The van der Waals surface area contributed by atoms with Crippen molar-refractivity contribution in [2.24, 2.45) is 0 Å². The van der Waals surface area contributed by atoms with Crippen molar-refractivity contribution < 1.29 is 34.0 Å². The van der Waals surface area contributed by atoms with Crippen LogP contribution in [0.5, 0.6) is 23.0 Å². The average molecular weight is 398 g/mol. The summed E-state index contributed by atoms with van der Waals surface area (Å²) >= 11 is 0. The first-order chi connectivity index (χ1) is 13.9. The predicted molar refractivity (Wildman–Crippen MR) is 108 cm³/mol. The van der Waals surface area contributed by atoms with E-state index in [-0.39, 0.29) is 36.2 Å². The first kappa shape index (κ1) is 21.7. The molecular weight excluding hydrogens is 376 g/mol. The molecule has 0 fully saturated rings. The fourth-order valence-electron chi connectivity index (χ4n) is 2.42. The van der Waals surface area contributed by atoms with Crippen LogP contribution in [0.3, 0.4) is 0 Å². The number of para-hydroxylation sites is 1. The number of benzene rings is 2. The van der Waals surface area contributed by atoms with Crippen LogP contribution in [-0.4, -0.2) is 42.8 Å². The van der Waals surface area contributed by atoms with Crippen molar-refractivity contribution in [2.75, 3.05) is 21.0 Å². The van der Waals surface area contributed by atoms with Gasteiger partial charge in [-0.25, -0.2) is 0 Å². The number of hydrogen-bond acceptors (Lipinski definition) is 7. The van der Waals surface area contributed by atoms with Crippen LogP contribution in [0.4, 0.5) is 0 Å². The molecule has 0 unspecified atom stereocenters. The largest absolute Gasteiger partial charge is 0.504 e. The molecule has 7 nitrogen and oxygen atoms in total. The van der Waals surface area contributed by atoms with Crippen LogP contribution in [0.2, 0.25) is 0 Å². The maximum atomic E-state index is 12.1. The van der Waals surface area contributed by atoms with Crippen molar-refractivity contribution in [1.29, 1.82) is 0 Å². The zero-order valence-corrected chi connectivity index (χ0v) is 16.1. The van der Waals surface area contributed by atoms with E-state index in [1.54, 1.807) is 24.3 Å². The van der Waals surface area contributed by atoms with Gasteiger partial charge in [0, 0.05) is 12.7 Å². The number of methoxy groups -OCH3 is 2. The molecule has 0 saturated carbocycles. The number of ether oxygens (including phenoxy) is 3. The summed E-state index contributed by atoms with van der Waals surface area (Å²) in [4.78, 5) is 24.1. The van der Waals surface area contributed by atoms with Crippen LogP contribution in [0.25, 0.3) is 12.2 Å². The molecule has 0 bridgehead atoms. The molecule has 0 aliphatic rings. The second-order valence-electron chi connectivity index (χ2n) is 5.95. The molecule has 0 radical (unpaired) electrons. The highest BCUT2D eigenvalue weighted by atomic mass is 16.7. The molecule has 7 heteroatoms. The normalized spacial score (nSPS) is 11.1. The highest BCUT2D eigenvalue weighted by molar-refractivity contribution is 6.11. The fourth-order valence-corrected chi connectivity index (χ4v) is 2.42. The van der Waals surface area contributed by atoms with Gasteiger partial charge in [-0.2, -0.15) is 0 Å². The Labute approximate surface area is 168 Å². The number of carbonyl (C=O) groups is 2. The summed E-state index contributed by atoms with van der Waals surface area (Å²) in [6.07, 6.45) is 5.17. The maximum Gasteiger partial charge on any atom is 0.188 e. The number of phenolic OH excluding ortho intramolecular Hbond substituents is 2. The first-order valence-electron chi connectivity index (χ1n) is 8.67. The second kappa shape index (κ2) is 10.7. The summed E-state index contributed by atoms with van der Waals surface area (Å²) in [5, 5.41) is 19.6. The topological polar surface area (TPSA) is 102 Å². The molecule has 2 aromatic carbocycles. The SMILES string of the molecule is COCOc1c(O)cccc1/C=C/C(=O)CC(=O)/C=C/c1ccc(OC)c(O)c1. The van der Waals surface area contributed by atoms with Crippen molar-refractivity contribution in [3.8, 4) is 23.0 Å². The fraction of sp³-hybridized carbons (Fsp3) is 0.182. The number of hydrogen-bond donors (Lipinski definition) is 2. The zero-order valence-electron chi connectivity index (χ0n) is 16.1. The van der Waals surface area contributed by atoms with E-state index in [0.29, 0.717) is 16.9 Å². The highest BCUT2D eigenvalue weighted by Crippen LogP contribution is 2.31. The van der Waals surface area contributed by atoms with Gasteiger partial charge in [0.1, 0.15) is 0 Å². The smallest absolute Gasteiger partial charge is 0.188 e. The molecule has 2 aromatic rings. The van der Waals surface area contributed by atoms with Gasteiger partial charge in [0.25, 0.3) is 0 Å². The molecule has 0 aliphatic heterocycles. The Hall–Kier alpha value is -3.58. The van der Waals surface area contributed by atoms with Gasteiger partial charge < -0.3 is 24.4 Å². The lowest BCUT2D eigenvalue weighted by Crippen LogP contribution is -2.02. The van der Waals surface area contributed by atoms with E-state index in [9.17, 15) is 19.8 Å². The van der Waals surface area contributed by atoms with Gasteiger partial charge in [0.15, 0.2) is 41.4 Å². The second-order valence-corrected chi connectivity index (χ2v) is 5.95. The Morgan fingerprint density at radius 1 is 0.966 bits per heavy atom. The average Bonchev–Trinajstić information content (AvgIpc) is 2.70. The molecule has 0 amide bonds. The standard InChI is InChI=1S/C22H22O7/c1-27-14-29-22-16(4-3-5-19(22)25)8-10-18(24)13-17(23)9-6-15-7-11-21(28-2)20(26)12-15/h3-12,25-26H,13-14H2,1-2H3/b9-6+,10-8+. The molecule has 0 atom stereocenters. The van der Waals surface area contributed by atoms with Crippen LogP contribution in [0, 0.1) is 0 Å². The van der Waals surface area contributed by atoms with Crippen LogP contribution in [-0.2, 0) is 14.3 Å². The van der Waals surface area contributed by atoms with E-state index in [1.807, 2.05) is 0 Å². The zero-order chi connectivity index (χ0) is 21.2. The minimum absolute atomic E-state index is 0.0429. The van der Waals surface area contributed by atoms with Crippen LogP contribution >= 0.6 is 0 Å². The lowest BCUT2D eigenvalue weighted by Gasteiger charge is -2.09. The van der Waals surface area contributed by atoms with Crippen molar-refractivity contribution in [3.63, 3.8) is 0 Å². The highest BCUT2D eigenvalue weighted by Gasteiger charge is 2.09.